The van der Waals surface area contributed by atoms with Crippen LogP contribution in [0.15, 0.2) is 36.4 Å². The van der Waals surface area contributed by atoms with Gasteiger partial charge in [0.2, 0.25) is 5.91 Å². The van der Waals surface area contributed by atoms with Gasteiger partial charge in [-0.25, -0.2) is 0 Å². The number of anilines is 1. The number of rotatable bonds is 2. The molecular weight excluding hydrogens is 324 g/mol. The lowest BCUT2D eigenvalue weighted by atomic mass is 9.95. The molecule has 1 aromatic heterocycles. The molecule has 3 aromatic rings. The van der Waals surface area contributed by atoms with Crippen molar-refractivity contribution in [2.75, 3.05) is 5.32 Å². The average molecular weight is 343 g/mol. The van der Waals surface area contributed by atoms with Crippen molar-refractivity contribution >= 4 is 34.2 Å². The number of carbonyl (C=O) groups is 1. The lowest BCUT2D eigenvalue weighted by Crippen LogP contribution is -2.27. The van der Waals surface area contributed by atoms with Crippen molar-refractivity contribution in [1.29, 1.82) is 0 Å². The highest BCUT2D eigenvalue weighted by Crippen LogP contribution is 2.24. The van der Waals surface area contributed by atoms with Crippen LogP contribution < -0.4 is 5.32 Å². The lowest BCUT2D eigenvalue weighted by Gasteiger charge is -2.18. The van der Waals surface area contributed by atoms with Crippen LogP contribution in [0.1, 0.15) is 26.3 Å². The van der Waals surface area contributed by atoms with Crippen LogP contribution in [0, 0.1) is 12.3 Å². The maximum absolute atomic E-state index is 12.2. The molecule has 0 unspecified atom stereocenters. The summed E-state index contributed by atoms with van der Waals surface area (Å²) < 4.78 is 0. The van der Waals surface area contributed by atoms with E-state index in [-0.39, 0.29) is 5.91 Å². The van der Waals surface area contributed by atoms with Gasteiger partial charge in [-0.05, 0) is 48.9 Å². The molecule has 124 valence electrons. The molecule has 0 bridgehead atoms. The highest BCUT2D eigenvalue weighted by Gasteiger charge is 2.22. The molecule has 0 aliphatic carbocycles. The van der Waals surface area contributed by atoms with Gasteiger partial charge < -0.3 is 5.32 Å². The zero-order valence-electron chi connectivity index (χ0n) is 14.1. The molecule has 5 nitrogen and oxygen atoms in total. The number of benzene rings is 2. The van der Waals surface area contributed by atoms with Gasteiger partial charge in [0.05, 0.1) is 5.69 Å². The number of amides is 1. The van der Waals surface area contributed by atoms with E-state index in [4.69, 9.17) is 11.6 Å². The van der Waals surface area contributed by atoms with Gasteiger partial charge >= 0.3 is 0 Å². The highest BCUT2D eigenvalue weighted by atomic mass is 35.5. The van der Waals surface area contributed by atoms with Gasteiger partial charge in [-0.2, -0.15) is 4.80 Å². The molecule has 1 heterocycles. The molecule has 0 aliphatic rings. The van der Waals surface area contributed by atoms with Crippen molar-refractivity contribution in [2.24, 2.45) is 5.41 Å². The van der Waals surface area contributed by atoms with E-state index in [0.717, 1.165) is 28.0 Å². The van der Waals surface area contributed by atoms with Crippen molar-refractivity contribution in [1.82, 2.24) is 15.0 Å². The summed E-state index contributed by atoms with van der Waals surface area (Å²) in [6, 6.07) is 11.1. The number of halogens is 1. The summed E-state index contributed by atoms with van der Waals surface area (Å²) >= 11 is 5.91. The zero-order valence-corrected chi connectivity index (χ0v) is 14.8. The molecule has 2 aromatic carbocycles. The predicted molar refractivity (Wildman–Crippen MR) is 96.7 cm³/mol. The number of nitrogens with one attached hydrogen (secondary N) is 1. The molecule has 0 spiro atoms. The van der Waals surface area contributed by atoms with Crippen LogP contribution in [-0.2, 0) is 4.79 Å². The number of fused-ring (bicyclic) bond motifs is 1. The molecule has 0 saturated heterocycles. The number of aryl methyl sites for hydroxylation is 1. The molecule has 3 rings (SSSR count). The van der Waals surface area contributed by atoms with Gasteiger partial charge in [-0.1, -0.05) is 32.4 Å². The predicted octanol–water partition coefficient (Wildman–Crippen LogP) is 4.37. The van der Waals surface area contributed by atoms with Crippen LogP contribution in [0.5, 0.6) is 0 Å². The number of aromatic nitrogens is 3. The van der Waals surface area contributed by atoms with Crippen LogP contribution in [-0.4, -0.2) is 20.9 Å². The van der Waals surface area contributed by atoms with E-state index in [1.54, 1.807) is 16.9 Å². The average Bonchev–Trinajstić information content (AvgIpc) is 2.90. The van der Waals surface area contributed by atoms with Crippen LogP contribution in [0.4, 0.5) is 5.69 Å². The minimum atomic E-state index is -0.456. The number of hydrogen-bond donors (Lipinski definition) is 1. The zero-order chi connectivity index (χ0) is 17.5. The van der Waals surface area contributed by atoms with Gasteiger partial charge in [0.1, 0.15) is 11.0 Å². The Morgan fingerprint density at radius 1 is 1.08 bits per heavy atom. The monoisotopic (exact) mass is 342 g/mol. The van der Waals surface area contributed by atoms with E-state index in [9.17, 15) is 4.79 Å². The second-order valence-corrected chi connectivity index (χ2v) is 7.26. The Bertz CT molecular complexity index is 907. The summed E-state index contributed by atoms with van der Waals surface area (Å²) in [7, 11) is 0. The van der Waals surface area contributed by atoms with Crippen LogP contribution in [0.25, 0.3) is 16.7 Å². The van der Waals surface area contributed by atoms with Crippen LogP contribution in [0.3, 0.4) is 0 Å². The van der Waals surface area contributed by atoms with E-state index >= 15 is 0 Å². The lowest BCUT2D eigenvalue weighted by molar-refractivity contribution is -0.123. The normalized spacial score (nSPS) is 11.7. The van der Waals surface area contributed by atoms with Crippen molar-refractivity contribution in [3.05, 3.63) is 47.0 Å². The Labute approximate surface area is 145 Å². The largest absolute Gasteiger partial charge is 0.325 e. The summed E-state index contributed by atoms with van der Waals surface area (Å²) in [5, 5.41) is 12.6. The fourth-order valence-corrected chi connectivity index (χ4v) is 2.33. The molecule has 6 heteroatoms. The standard InChI is InChI=1S/C18H19ClN4O/c1-11-9-15-16(10-14(11)20-17(24)18(2,3)4)22-23(21-15)13-7-5-12(19)6-8-13/h5-10H,1-4H3,(H,20,24). The SMILES string of the molecule is Cc1cc2nn(-c3ccc(Cl)cc3)nc2cc1NC(=O)C(C)(C)C. The second kappa shape index (κ2) is 5.91. The summed E-state index contributed by atoms with van der Waals surface area (Å²) in [6.07, 6.45) is 0. The molecule has 1 N–H and O–H groups in total. The fourth-order valence-electron chi connectivity index (χ4n) is 2.20. The van der Waals surface area contributed by atoms with E-state index in [2.05, 4.69) is 15.5 Å². The van der Waals surface area contributed by atoms with Gasteiger partial charge in [-0.15, -0.1) is 10.2 Å². The smallest absolute Gasteiger partial charge is 0.229 e. The Morgan fingerprint density at radius 3 is 2.25 bits per heavy atom. The quantitative estimate of drug-likeness (QED) is 0.752. The molecule has 0 aliphatic heterocycles. The first-order valence-electron chi connectivity index (χ1n) is 7.69. The van der Waals surface area contributed by atoms with E-state index < -0.39 is 5.41 Å². The van der Waals surface area contributed by atoms with Gasteiger partial charge in [0.25, 0.3) is 0 Å². The highest BCUT2D eigenvalue weighted by molar-refractivity contribution is 6.30. The third-order valence-corrected chi connectivity index (χ3v) is 3.97. The van der Waals surface area contributed by atoms with Crippen LogP contribution >= 0.6 is 11.6 Å². The molecule has 24 heavy (non-hydrogen) atoms. The van der Waals surface area contributed by atoms with Crippen molar-refractivity contribution in [2.45, 2.75) is 27.7 Å². The molecular formula is C18H19ClN4O. The van der Waals surface area contributed by atoms with Gasteiger partial charge in [0.15, 0.2) is 0 Å². The maximum atomic E-state index is 12.2. The van der Waals surface area contributed by atoms with E-state index in [1.807, 2.05) is 52.0 Å². The third kappa shape index (κ3) is 3.26. The topological polar surface area (TPSA) is 59.8 Å². The van der Waals surface area contributed by atoms with Crippen molar-refractivity contribution in [3.8, 4) is 5.69 Å². The minimum absolute atomic E-state index is 0.0324. The first-order valence-corrected chi connectivity index (χ1v) is 8.07. The van der Waals surface area contributed by atoms with E-state index in [1.165, 1.54) is 0 Å². The first-order chi connectivity index (χ1) is 11.2. The number of hydrogen-bond acceptors (Lipinski definition) is 3. The number of carbonyl (C=O) groups excluding carboxylic acids is 1. The fraction of sp³-hybridized carbons (Fsp3) is 0.278. The Hall–Kier alpha value is -2.40. The third-order valence-electron chi connectivity index (χ3n) is 3.71. The maximum Gasteiger partial charge on any atom is 0.229 e. The number of nitrogens with zero attached hydrogens (tertiary/aromatic N) is 3. The minimum Gasteiger partial charge on any atom is -0.325 e. The Morgan fingerprint density at radius 2 is 1.67 bits per heavy atom. The summed E-state index contributed by atoms with van der Waals surface area (Å²) in [6.45, 7) is 7.59. The van der Waals surface area contributed by atoms with Crippen molar-refractivity contribution in [3.63, 3.8) is 0 Å². The molecule has 0 atom stereocenters. The molecule has 0 radical (unpaired) electrons. The summed E-state index contributed by atoms with van der Waals surface area (Å²) in [5.74, 6) is -0.0324. The molecule has 0 fully saturated rings. The first kappa shape index (κ1) is 16.5. The summed E-state index contributed by atoms with van der Waals surface area (Å²) in [5.41, 5.74) is 3.57. The summed E-state index contributed by atoms with van der Waals surface area (Å²) in [4.78, 5) is 13.8. The Kier molecular flexibility index (Phi) is 4.05. The second-order valence-electron chi connectivity index (χ2n) is 6.83. The molecule has 1 amide bonds. The van der Waals surface area contributed by atoms with Gasteiger partial charge in [0, 0.05) is 16.1 Å². The Balaban J connectivity index is 1.99. The van der Waals surface area contributed by atoms with Gasteiger partial charge in [-0.3, -0.25) is 4.79 Å². The van der Waals surface area contributed by atoms with Crippen molar-refractivity contribution < 1.29 is 4.79 Å². The van der Waals surface area contributed by atoms with E-state index in [0.29, 0.717) is 5.02 Å². The molecule has 0 saturated carbocycles. The van der Waals surface area contributed by atoms with Crippen LogP contribution in [0.2, 0.25) is 5.02 Å².